The van der Waals surface area contributed by atoms with Gasteiger partial charge in [-0.05, 0) is 61.6 Å². The van der Waals surface area contributed by atoms with Gasteiger partial charge in [-0.2, -0.15) is 0 Å². The second-order valence-electron chi connectivity index (χ2n) is 7.30. The van der Waals surface area contributed by atoms with Crippen molar-refractivity contribution in [3.8, 4) is 5.75 Å². The van der Waals surface area contributed by atoms with E-state index in [0.29, 0.717) is 6.61 Å². The van der Waals surface area contributed by atoms with Gasteiger partial charge in [-0.3, -0.25) is 9.59 Å². The van der Waals surface area contributed by atoms with E-state index >= 15 is 0 Å². The molecular weight excluding hydrogens is 418 g/mol. The molecule has 1 aromatic carbocycles. The first kappa shape index (κ1) is 20.7. The zero-order valence-electron chi connectivity index (χ0n) is 16.9. The minimum atomic E-state index is -0.324. The minimum Gasteiger partial charge on any atom is -0.493 e. The van der Waals surface area contributed by atoms with Gasteiger partial charge in [0.1, 0.15) is 16.4 Å². The van der Waals surface area contributed by atoms with Crippen LogP contribution in [0, 0.1) is 0 Å². The number of thioether (sulfide) groups is 1. The lowest BCUT2D eigenvalue weighted by atomic mass is 10.1. The van der Waals surface area contributed by atoms with E-state index < -0.39 is 0 Å². The number of nitrogens with zero attached hydrogens (tertiary/aromatic N) is 1. The van der Waals surface area contributed by atoms with Crippen LogP contribution in [0.1, 0.15) is 16.0 Å². The molecule has 0 saturated heterocycles. The zero-order chi connectivity index (χ0) is 21.1. The number of ether oxygens (including phenoxy) is 1. The predicted molar refractivity (Wildman–Crippen MR) is 123 cm³/mol. The van der Waals surface area contributed by atoms with E-state index in [1.54, 1.807) is 35.3 Å². The third-order valence-corrected chi connectivity index (χ3v) is 6.92. The molecule has 0 spiro atoms. The van der Waals surface area contributed by atoms with Crippen molar-refractivity contribution in [2.24, 2.45) is 0 Å². The average Bonchev–Trinajstić information content (AvgIpc) is 3.34. The quantitative estimate of drug-likeness (QED) is 0.565. The van der Waals surface area contributed by atoms with Crippen LogP contribution in [-0.4, -0.2) is 47.9 Å². The van der Waals surface area contributed by atoms with Crippen LogP contribution in [0.3, 0.4) is 0 Å². The molecule has 0 radical (unpaired) electrons. The second kappa shape index (κ2) is 9.07. The molecule has 1 aliphatic heterocycles. The molecule has 0 saturated carbocycles. The normalized spacial score (nSPS) is 14.4. The number of thiophene rings is 1. The maximum absolute atomic E-state index is 12.5. The van der Waals surface area contributed by atoms with Crippen LogP contribution in [0.5, 0.6) is 5.75 Å². The number of benzene rings is 1. The predicted octanol–water partition coefficient (Wildman–Crippen LogP) is 1.37. The molecule has 0 aliphatic carbocycles. The Bertz CT molecular complexity index is 1290. The van der Waals surface area contributed by atoms with Gasteiger partial charge >= 0.3 is 0 Å². The summed E-state index contributed by atoms with van der Waals surface area (Å²) in [7, 11) is 4.10. The highest BCUT2D eigenvalue weighted by molar-refractivity contribution is 8.01. The van der Waals surface area contributed by atoms with Gasteiger partial charge in [0.25, 0.3) is 11.1 Å². The van der Waals surface area contributed by atoms with Crippen molar-refractivity contribution >= 4 is 35.3 Å². The van der Waals surface area contributed by atoms with E-state index in [9.17, 15) is 9.59 Å². The molecule has 0 fully saturated rings. The first-order valence-electron chi connectivity index (χ1n) is 9.67. The average molecular weight is 442 g/mol. The number of H-pyrrole nitrogens is 2. The van der Waals surface area contributed by atoms with Gasteiger partial charge in [0.2, 0.25) is 0 Å². The van der Waals surface area contributed by atoms with Crippen molar-refractivity contribution in [1.82, 2.24) is 14.9 Å². The summed E-state index contributed by atoms with van der Waals surface area (Å²) in [4.78, 5) is 33.5. The van der Waals surface area contributed by atoms with Gasteiger partial charge in [0, 0.05) is 23.6 Å². The van der Waals surface area contributed by atoms with E-state index in [2.05, 4.69) is 29.0 Å². The van der Waals surface area contributed by atoms with Crippen LogP contribution in [0.2, 0.25) is 0 Å². The van der Waals surface area contributed by atoms with Crippen LogP contribution < -0.4 is 26.6 Å². The first-order valence-corrected chi connectivity index (χ1v) is 11.5. The van der Waals surface area contributed by atoms with Crippen molar-refractivity contribution in [2.45, 2.75) is 10.6 Å². The highest BCUT2D eigenvalue weighted by Crippen LogP contribution is 2.27. The fourth-order valence-electron chi connectivity index (χ4n) is 3.12. The van der Waals surface area contributed by atoms with Crippen LogP contribution in [0.4, 0.5) is 0 Å². The molecule has 8 heteroatoms. The Morgan fingerprint density at radius 1 is 1.10 bits per heavy atom. The summed E-state index contributed by atoms with van der Waals surface area (Å²) in [5, 5.41) is 0.494. The Morgan fingerprint density at radius 2 is 1.87 bits per heavy atom. The van der Waals surface area contributed by atoms with E-state index in [-0.39, 0.29) is 21.8 Å². The number of aromatic nitrogens is 2. The molecule has 6 nitrogen and oxygen atoms in total. The molecule has 4 rings (SSSR count). The maximum atomic E-state index is 12.5. The fraction of sp³-hybridized carbons (Fsp3) is 0.273. The van der Waals surface area contributed by atoms with Gasteiger partial charge < -0.3 is 19.6 Å². The van der Waals surface area contributed by atoms with E-state index in [4.69, 9.17) is 4.74 Å². The summed E-state index contributed by atoms with van der Waals surface area (Å²) in [5.74, 6) is 1.89. The van der Waals surface area contributed by atoms with Gasteiger partial charge in [0.15, 0.2) is 0 Å². The molecule has 0 bridgehead atoms. The van der Waals surface area contributed by atoms with Crippen LogP contribution in [-0.2, 0) is 6.42 Å². The third kappa shape index (κ3) is 4.95. The van der Waals surface area contributed by atoms with Gasteiger partial charge in [-0.1, -0.05) is 6.07 Å². The van der Waals surface area contributed by atoms with Crippen molar-refractivity contribution < 1.29 is 4.74 Å². The highest BCUT2D eigenvalue weighted by Gasteiger charge is 2.11. The summed E-state index contributed by atoms with van der Waals surface area (Å²) < 4.78 is 6.69. The van der Waals surface area contributed by atoms with Crippen molar-refractivity contribution in [1.29, 1.82) is 0 Å². The largest absolute Gasteiger partial charge is 0.493 e. The fourth-order valence-corrected chi connectivity index (χ4v) is 5.40. The topological polar surface area (TPSA) is 78.2 Å². The summed E-state index contributed by atoms with van der Waals surface area (Å²) in [6.07, 6.45) is 4.26. The van der Waals surface area contributed by atoms with Gasteiger partial charge in [-0.25, -0.2) is 0 Å². The SMILES string of the molecule is CN(C)CCSc1ccc(C=c2[nH]c(=O)c(=Cc3ccc4c(c3)CCO4)[nH]c2=O)s1. The summed E-state index contributed by atoms with van der Waals surface area (Å²) in [6.45, 7) is 1.68. The Balaban J connectivity index is 1.59. The summed E-state index contributed by atoms with van der Waals surface area (Å²) >= 11 is 3.39. The van der Waals surface area contributed by atoms with E-state index in [0.717, 1.165) is 40.5 Å². The molecule has 0 atom stereocenters. The molecule has 2 aromatic heterocycles. The number of hydrogen-bond acceptors (Lipinski definition) is 6. The maximum Gasteiger partial charge on any atom is 0.272 e. The van der Waals surface area contributed by atoms with Crippen LogP contribution in [0.25, 0.3) is 12.2 Å². The Morgan fingerprint density at radius 3 is 2.63 bits per heavy atom. The molecule has 30 heavy (non-hydrogen) atoms. The summed E-state index contributed by atoms with van der Waals surface area (Å²) in [6, 6.07) is 9.77. The highest BCUT2D eigenvalue weighted by atomic mass is 32.2. The third-order valence-electron chi connectivity index (χ3n) is 4.68. The molecule has 0 amide bonds. The lowest BCUT2D eigenvalue weighted by Crippen LogP contribution is -2.46. The molecule has 0 unspecified atom stereocenters. The summed E-state index contributed by atoms with van der Waals surface area (Å²) in [5.41, 5.74) is 1.33. The van der Waals surface area contributed by atoms with Crippen LogP contribution in [0.15, 0.2) is 44.1 Å². The number of aromatic amines is 2. The standard InChI is InChI=1S/C22H23N3O3S2/c1-25(2)8-10-29-20-6-4-16(30-20)13-18-22(27)23-17(21(26)24-18)12-14-3-5-19-15(11-14)7-9-28-19/h3-6,11-13H,7-10H2,1-2H3,(H,23,27)(H,24,26). The number of fused-ring (bicyclic) bond motifs is 1. The zero-order valence-corrected chi connectivity index (χ0v) is 18.5. The Labute approximate surface area is 181 Å². The second-order valence-corrected chi connectivity index (χ2v) is 9.81. The minimum absolute atomic E-state index is 0.238. The van der Waals surface area contributed by atoms with Gasteiger partial charge in [0.05, 0.1) is 10.8 Å². The lowest BCUT2D eigenvalue weighted by Gasteiger charge is -2.07. The monoisotopic (exact) mass is 441 g/mol. The Kier molecular flexibility index (Phi) is 6.26. The number of nitrogens with one attached hydrogen (secondary N) is 2. The molecule has 3 aromatic rings. The van der Waals surface area contributed by atoms with Crippen molar-refractivity contribution in [3.63, 3.8) is 0 Å². The molecule has 1 aliphatic rings. The lowest BCUT2D eigenvalue weighted by molar-refractivity contribution is 0.357. The molecule has 2 N–H and O–H groups in total. The number of hydrogen-bond donors (Lipinski definition) is 2. The number of rotatable bonds is 6. The Hall–Kier alpha value is -2.55. The van der Waals surface area contributed by atoms with Crippen molar-refractivity contribution in [2.75, 3.05) is 33.0 Å². The van der Waals surface area contributed by atoms with Gasteiger partial charge in [-0.15, -0.1) is 23.1 Å². The smallest absolute Gasteiger partial charge is 0.272 e. The van der Waals surface area contributed by atoms with E-state index in [1.807, 2.05) is 30.3 Å². The van der Waals surface area contributed by atoms with E-state index in [1.165, 1.54) is 4.21 Å². The van der Waals surface area contributed by atoms with Crippen LogP contribution >= 0.6 is 23.1 Å². The molecule has 3 heterocycles. The van der Waals surface area contributed by atoms with Crippen molar-refractivity contribution in [3.05, 3.63) is 77.7 Å². The first-order chi connectivity index (χ1) is 14.5. The molecule has 156 valence electrons. The molecular formula is C22H23N3O3S2.